The molecule has 0 amide bonds. The van der Waals surface area contributed by atoms with Crippen LogP contribution in [0.15, 0.2) is 0 Å². The van der Waals surface area contributed by atoms with E-state index in [1.807, 2.05) is 6.92 Å². The van der Waals surface area contributed by atoms with E-state index in [1.54, 1.807) is 0 Å². The average molecular weight is 242 g/mol. The van der Waals surface area contributed by atoms with Crippen molar-refractivity contribution >= 4 is 0 Å². The van der Waals surface area contributed by atoms with E-state index in [1.165, 1.54) is 0 Å². The van der Waals surface area contributed by atoms with Crippen LogP contribution in [0.5, 0.6) is 0 Å². The Bertz CT molecular complexity index is 227. The van der Waals surface area contributed by atoms with Crippen LogP contribution in [-0.2, 0) is 9.47 Å². The first-order valence-corrected chi connectivity index (χ1v) is 6.94. The van der Waals surface area contributed by atoms with Gasteiger partial charge in [-0.1, -0.05) is 0 Å². The molecule has 1 spiro atoms. The van der Waals surface area contributed by atoms with Crippen molar-refractivity contribution in [2.75, 3.05) is 39.5 Å². The van der Waals surface area contributed by atoms with Crippen molar-refractivity contribution in [3.63, 3.8) is 0 Å². The molecule has 0 atom stereocenters. The van der Waals surface area contributed by atoms with Gasteiger partial charge in [0.15, 0.2) is 0 Å². The zero-order chi connectivity index (χ0) is 12.1. The van der Waals surface area contributed by atoms with E-state index >= 15 is 0 Å². The average Bonchev–Trinajstić information content (AvgIpc) is 2.34. The maximum Gasteiger partial charge on any atom is 0.0810 e. The summed E-state index contributed by atoms with van der Waals surface area (Å²) < 4.78 is 11.5. The van der Waals surface area contributed by atoms with Crippen LogP contribution in [0.4, 0.5) is 0 Å². The molecule has 1 heterocycles. The topological polar surface area (TPSA) is 47.7 Å². The smallest absolute Gasteiger partial charge is 0.0810 e. The molecule has 2 fully saturated rings. The van der Waals surface area contributed by atoms with E-state index in [0.717, 1.165) is 65.1 Å². The van der Waals surface area contributed by atoms with Gasteiger partial charge in [0.1, 0.15) is 0 Å². The van der Waals surface area contributed by atoms with Crippen LogP contribution in [-0.4, -0.2) is 56.0 Å². The highest BCUT2D eigenvalue weighted by Crippen LogP contribution is 2.33. The zero-order valence-electron chi connectivity index (χ0n) is 11.0. The van der Waals surface area contributed by atoms with Crippen LogP contribution in [0.1, 0.15) is 32.6 Å². The normalized spacial score (nSPS) is 35.3. The number of rotatable bonds is 4. The zero-order valence-corrected chi connectivity index (χ0v) is 11.0. The van der Waals surface area contributed by atoms with Gasteiger partial charge in [-0.3, -0.25) is 4.90 Å². The fourth-order valence-corrected chi connectivity index (χ4v) is 2.92. The lowest BCUT2D eigenvalue weighted by atomic mass is 9.81. The van der Waals surface area contributed by atoms with Crippen molar-refractivity contribution in [3.8, 4) is 0 Å². The molecule has 2 N–H and O–H groups in total. The molecule has 17 heavy (non-hydrogen) atoms. The Morgan fingerprint density at radius 2 is 2.18 bits per heavy atom. The minimum Gasteiger partial charge on any atom is -0.380 e. The lowest BCUT2D eigenvalue weighted by Crippen LogP contribution is -2.55. The molecule has 1 aliphatic heterocycles. The van der Waals surface area contributed by atoms with Gasteiger partial charge in [-0.05, 0) is 32.6 Å². The molecular weight excluding hydrogens is 216 g/mol. The lowest BCUT2D eigenvalue weighted by Gasteiger charge is -2.46. The Morgan fingerprint density at radius 3 is 2.88 bits per heavy atom. The van der Waals surface area contributed by atoms with E-state index in [2.05, 4.69) is 4.90 Å². The molecule has 100 valence electrons. The van der Waals surface area contributed by atoms with Gasteiger partial charge in [-0.2, -0.15) is 0 Å². The molecule has 0 aromatic carbocycles. The quantitative estimate of drug-likeness (QED) is 0.747. The molecule has 0 radical (unpaired) electrons. The molecule has 2 rings (SSSR count). The van der Waals surface area contributed by atoms with Crippen LogP contribution in [0.3, 0.4) is 0 Å². The molecule has 1 aliphatic carbocycles. The van der Waals surface area contributed by atoms with Gasteiger partial charge in [0.2, 0.25) is 0 Å². The number of hydrogen-bond acceptors (Lipinski definition) is 4. The minimum absolute atomic E-state index is 0.0976. The van der Waals surface area contributed by atoms with Gasteiger partial charge in [-0.25, -0.2) is 0 Å². The number of nitrogens with two attached hydrogens (primary N) is 1. The first-order valence-electron chi connectivity index (χ1n) is 6.94. The number of ether oxygens (including phenoxy) is 2. The molecule has 0 unspecified atom stereocenters. The summed E-state index contributed by atoms with van der Waals surface area (Å²) in [5.74, 6) is 0. The van der Waals surface area contributed by atoms with E-state index in [0.29, 0.717) is 6.04 Å². The van der Waals surface area contributed by atoms with E-state index in [-0.39, 0.29) is 5.60 Å². The van der Waals surface area contributed by atoms with Crippen molar-refractivity contribution in [1.29, 1.82) is 0 Å². The molecule has 2 aliphatic rings. The van der Waals surface area contributed by atoms with Gasteiger partial charge < -0.3 is 15.2 Å². The summed E-state index contributed by atoms with van der Waals surface area (Å²) in [7, 11) is 0. The lowest BCUT2D eigenvalue weighted by molar-refractivity contribution is -0.131. The molecule has 0 aromatic rings. The summed E-state index contributed by atoms with van der Waals surface area (Å²) in [4.78, 5) is 2.48. The summed E-state index contributed by atoms with van der Waals surface area (Å²) in [6.45, 7) is 7.69. The van der Waals surface area contributed by atoms with Gasteiger partial charge in [0.25, 0.3) is 0 Å². The Balaban J connectivity index is 1.79. The fourth-order valence-electron chi connectivity index (χ4n) is 2.92. The van der Waals surface area contributed by atoms with Gasteiger partial charge >= 0.3 is 0 Å². The van der Waals surface area contributed by atoms with Crippen LogP contribution in [0.25, 0.3) is 0 Å². The minimum atomic E-state index is 0.0976. The maximum atomic E-state index is 6.05. The predicted molar refractivity (Wildman–Crippen MR) is 68.1 cm³/mol. The van der Waals surface area contributed by atoms with Crippen molar-refractivity contribution < 1.29 is 9.47 Å². The molecular formula is C13H26N2O2. The van der Waals surface area contributed by atoms with E-state index in [9.17, 15) is 0 Å². The van der Waals surface area contributed by atoms with Crippen LogP contribution in [0, 0.1) is 0 Å². The molecule has 1 saturated carbocycles. The predicted octanol–water partition coefficient (Wildman–Crippen LogP) is 0.995. The first kappa shape index (κ1) is 13.3. The van der Waals surface area contributed by atoms with Crippen molar-refractivity contribution in [3.05, 3.63) is 0 Å². The maximum absolute atomic E-state index is 6.05. The van der Waals surface area contributed by atoms with E-state index in [4.69, 9.17) is 15.2 Å². The molecule has 1 saturated heterocycles. The summed E-state index contributed by atoms with van der Waals surface area (Å²) >= 11 is 0. The van der Waals surface area contributed by atoms with Crippen molar-refractivity contribution in [2.45, 2.75) is 44.2 Å². The molecule has 0 aromatic heterocycles. The fraction of sp³-hybridized carbons (Fsp3) is 1.00. The third-order valence-electron chi connectivity index (χ3n) is 4.02. The number of morpholine rings is 1. The van der Waals surface area contributed by atoms with Crippen LogP contribution >= 0.6 is 0 Å². The van der Waals surface area contributed by atoms with Gasteiger partial charge in [-0.15, -0.1) is 0 Å². The van der Waals surface area contributed by atoms with Crippen LogP contribution in [0.2, 0.25) is 0 Å². The molecule has 0 bridgehead atoms. The Kier molecular flexibility index (Phi) is 4.79. The van der Waals surface area contributed by atoms with Gasteiger partial charge in [0.05, 0.1) is 18.8 Å². The highest BCUT2D eigenvalue weighted by molar-refractivity contribution is 4.93. The van der Waals surface area contributed by atoms with Crippen LogP contribution < -0.4 is 5.73 Å². The molecule has 4 nitrogen and oxygen atoms in total. The Hall–Kier alpha value is -0.160. The van der Waals surface area contributed by atoms with Crippen molar-refractivity contribution in [1.82, 2.24) is 4.90 Å². The largest absolute Gasteiger partial charge is 0.380 e. The third-order valence-corrected chi connectivity index (χ3v) is 4.02. The van der Waals surface area contributed by atoms with Gasteiger partial charge in [0, 0.05) is 32.3 Å². The standard InChI is InChI=1S/C13H26N2O2/c1-2-16-9-7-15-8-10-17-13(11-15)5-3-12(14)4-6-13/h12H,2-11,14H2,1H3. The Morgan fingerprint density at radius 1 is 1.41 bits per heavy atom. The monoisotopic (exact) mass is 242 g/mol. The highest BCUT2D eigenvalue weighted by atomic mass is 16.5. The molecule has 4 heteroatoms. The Labute approximate surface area is 104 Å². The summed E-state index contributed by atoms with van der Waals surface area (Å²) in [6, 6.07) is 0.392. The summed E-state index contributed by atoms with van der Waals surface area (Å²) in [5, 5.41) is 0. The summed E-state index contributed by atoms with van der Waals surface area (Å²) in [5.41, 5.74) is 6.07. The third kappa shape index (κ3) is 3.65. The second kappa shape index (κ2) is 6.14. The number of hydrogen-bond donors (Lipinski definition) is 1. The second-order valence-corrected chi connectivity index (χ2v) is 5.34. The highest BCUT2D eigenvalue weighted by Gasteiger charge is 2.39. The summed E-state index contributed by atoms with van der Waals surface area (Å²) in [6.07, 6.45) is 4.47. The SMILES string of the molecule is CCOCCN1CCOC2(CCC(N)CC2)C1. The number of nitrogens with zero attached hydrogens (tertiary/aromatic N) is 1. The second-order valence-electron chi connectivity index (χ2n) is 5.34. The van der Waals surface area contributed by atoms with Crippen molar-refractivity contribution in [2.24, 2.45) is 5.73 Å². The van der Waals surface area contributed by atoms with E-state index < -0.39 is 0 Å². The first-order chi connectivity index (χ1) is 8.24.